The van der Waals surface area contributed by atoms with E-state index < -0.39 is 0 Å². The molecule has 0 N–H and O–H groups in total. The molecule has 440 valence electrons. The Bertz CT molecular complexity index is 7380. The Morgan fingerprint density at radius 3 is 0.100 bits per heavy atom. The van der Waals surface area contributed by atoms with Crippen LogP contribution in [0.15, 0.2) is 0 Å². The van der Waals surface area contributed by atoms with Crippen LogP contribution in [0.3, 0.4) is 0 Å². The van der Waals surface area contributed by atoms with Gasteiger partial charge in [0.1, 0.15) is 0 Å². The maximum atomic E-state index is 6.59. The summed E-state index contributed by atoms with van der Waals surface area (Å²) in [5, 5.41) is 0. The van der Waals surface area contributed by atoms with Crippen LogP contribution in [-0.2, 0) is 0 Å². The lowest BCUT2D eigenvalue weighted by molar-refractivity contribution is 2.31. The van der Waals surface area contributed by atoms with Crippen LogP contribution in [0, 0.1) is 652 Å². The lowest BCUT2D eigenvalue weighted by atomic mass is 10.4. The first-order valence-corrected chi connectivity index (χ1v) is 27.2. The van der Waals surface area contributed by atoms with Crippen LogP contribution in [0.1, 0.15) is 0 Å². The zero-order valence-electron chi connectivity index (χ0n) is 55.0. The predicted octanol–water partition coefficient (Wildman–Crippen LogP) is 0.346. The van der Waals surface area contributed by atoms with Gasteiger partial charge in [-0.25, -0.2) is 0 Å². The second-order valence-corrected chi connectivity index (χ2v) is 13.5. The molecule has 0 nitrogen and oxygen atoms in total. The molecule has 110 heavy (non-hydrogen) atoms. The van der Waals surface area contributed by atoms with Crippen molar-refractivity contribution in [1.29, 1.82) is 0 Å². The quantitative estimate of drug-likeness (QED) is 0.308. The maximum Gasteiger partial charge on any atom is 0 e. The molecule has 0 saturated heterocycles. The van der Waals surface area contributed by atoms with Crippen molar-refractivity contribution in [3.8, 4) is 639 Å². The summed E-state index contributed by atoms with van der Waals surface area (Å²) >= 11 is 0. The highest BCUT2D eigenvalue weighted by atomic mass is 13.7. The maximum absolute atomic E-state index is 6.59. The minimum atomic E-state index is 1.87. The SMILES string of the molecule is [C]#CC#CC#CC#CC#CC#CC#CC#CC#CC#CC#CC#CC#CC#CC#CC#CC#CC#CC#CC#CC#CC#CC#CC#CC#CC#CC#CC#CC#CC#CC#CC#CC#CC#CC#CC#CC#CC#CC#CC#CC#CC#CC#CC#CC#CC#CC#CC#CC#CC#CC#CC#CC#CC#CC#[C]. The smallest absolute Gasteiger partial charge is 0 e. The van der Waals surface area contributed by atoms with Crippen molar-refractivity contribution in [3.05, 3.63) is 12.8 Å². The molecule has 2 radical (unpaired) electrons. The Morgan fingerprint density at radius 2 is 0.0727 bits per heavy atom. The van der Waals surface area contributed by atoms with E-state index in [1.165, 1.54) is 0 Å². The normalized spacial score (nSPS) is 3.95. The molecule has 0 spiro atoms. The van der Waals surface area contributed by atoms with Crippen molar-refractivity contribution >= 4 is 0 Å². The Morgan fingerprint density at radius 1 is 0.0455 bits per heavy atom. The van der Waals surface area contributed by atoms with Gasteiger partial charge in [0.25, 0.3) is 0 Å². The lowest BCUT2D eigenvalue weighted by Crippen LogP contribution is -1.57. The van der Waals surface area contributed by atoms with E-state index in [4.69, 9.17) is 12.8 Å². The highest BCUT2D eigenvalue weighted by Crippen LogP contribution is 1.68. The van der Waals surface area contributed by atoms with E-state index in [9.17, 15) is 0 Å². The fourth-order valence-electron chi connectivity index (χ4n) is 3.31. The molecule has 0 aromatic heterocycles. The van der Waals surface area contributed by atoms with E-state index in [1.807, 2.05) is 11.8 Å². The van der Waals surface area contributed by atoms with Gasteiger partial charge in [0, 0.05) is 652 Å². The van der Waals surface area contributed by atoms with Crippen LogP contribution in [0.4, 0.5) is 0 Å². The third kappa shape index (κ3) is 83.8. The van der Waals surface area contributed by atoms with E-state index in [0.717, 1.165) is 0 Å². The molecule has 0 aromatic carbocycles. The van der Waals surface area contributed by atoms with Crippen molar-refractivity contribution < 1.29 is 0 Å². The fraction of sp³-hybridized carbons (Fsp3) is 0. The van der Waals surface area contributed by atoms with Crippen molar-refractivity contribution in [3.63, 3.8) is 0 Å². The average molecular weight is 1320 g/mol. The first-order chi connectivity index (χ1) is 54.9. The minimum Gasteiger partial charge on any atom is 0 e. The molecule has 0 aliphatic heterocycles. The molecule has 0 aromatic rings. The Balaban J connectivity index is 4.64. The predicted molar refractivity (Wildman–Crippen MR) is 426 cm³/mol. The van der Waals surface area contributed by atoms with Gasteiger partial charge in [0.2, 0.25) is 0 Å². The molecule has 0 heteroatoms. The summed E-state index contributed by atoms with van der Waals surface area (Å²) in [6, 6.07) is 0. The molecular formula is C110. The van der Waals surface area contributed by atoms with Crippen molar-refractivity contribution in [2.24, 2.45) is 0 Å². The third-order valence-electron chi connectivity index (χ3n) is 6.69. The molecule has 0 fully saturated rings. The van der Waals surface area contributed by atoms with Gasteiger partial charge in [-0.1, -0.05) is 0 Å². The molecule has 0 aliphatic rings. The number of rotatable bonds is 0. The van der Waals surface area contributed by atoms with Crippen molar-refractivity contribution in [2.75, 3.05) is 0 Å². The van der Waals surface area contributed by atoms with Gasteiger partial charge in [-0.05, 0) is 0 Å². The van der Waals surface area contributed by atoms with Gasteiger partial charge >= 0.3 is 0 Å². The molecule has 0 atom stereocenters. The monoisotopic (exact) mass is 1320 g/mol. The van der Waals surface area contributed by atoms with Crippen LogP contribution in [0.2, 0.25) is 0 Å². The Labute approximate surface area is 647 Å². The van der Waals surface area contributed by atoms with Gasteiger partial charge < -0.3 is 0 Å². The number of hydrogen-bond donors (Lipinski definition) is 0. The number of hydrogen-bond acceptors (Lipinski definition) is 0. The van der Waals surface area contributed by atoms with Crippen LogP contribution in [0.25, 0.3) is 0 Å². The Kier molecular flexibility index (Phi) is 66.1. The van der Waals surface area contributed by atoms with Crippen LogP contribution in [-0.4, -0.2) is 0 Å². The first kappa shape index (κ1) is 85.8. The first-order valence-electron chi connectivity index (χ1n) is 27.2. The topological polar surface area (TPSA) is 0 Å². The largest absolute Gasteiger partial charge is 0 e. The van der Waals surface area contributed by atoms with Gasteiger partial charge in [0.05, 0.1) is 0 Å². The minimum absolute atomic E-state index is 1.87. The highest BCUT2D eigenvalue weighted by molar-refractivity contribution is 5.57. The summed E-state index contributed by atoms with van der Waals surface area (Å²) in [6.45, 7) is 0. The van der Waals surface area contributed by atoms with Gasteiger partial charge in [-0.2, -0.15) is 0 Å². The molecule has 0 heterocycles. The summed E-state index contributed by atoms with van der Waals surface area (Å²) in [6.07, 6.45) is 13.2. The third-order valence-corrected chi connectivity index (χ3v) is 6.69. The molecular weight excluding hydrogens is 1320 g/mol. The Hall–Kier alpha value is -24.2. The summed E-state index contributed by atoms with van der Waals surface area (Å²) in [5.74, 6) is 267. The van der Waals surface area contributed by atoms with Gasteiger partial charge in [-0.3, -0.25) is 0 Å². The van der Waals surface area contributed by atoms with E-state index in [1.54, 1.807) is 0 Å². The molecule has 0 amide bonds. The average Bonchev–Trinajstić information content (AvgIpc) is 3.58. The van der Waals surface area contributed by atoms with Gasteiger partial charge in [0.15, 0.2) is 0 Å². The fourth-order valence-corrected chi connectivity index (χ4v) is 3.31. The van der Waals surface area contributed by atoms with Crippen molar-refractivity contribution in [2.45, 2.75) is 0 Å². The van der Waals surface area contributed by atoms with Crippen LogP contribution >= 0.6 is 0 Å². The van der Waals surface area contributed by atoms with Crippen LogP contribution in [0.5, 0.6) is 0 Å². The summed E-state index contributed by atoms with van der Waals surface area (Å²) in [7, 11) is 0. The van der Waals surface area contributed by atoms with Crippen molar-refractivity contribution in [1.82, 2.24) is 0 Å². The lowest BCUT2D eigenvalue weighted by Gasteiger charge is -1.58. The second-order valence-electron chi connectivity index (χ2n) is 13.5. The summed E-state index contributed by atoms with van der Waals surface area (Å²) < 4.78 is 0. The molecule has 0 saturated carbocycles. The van der Waals surface area contributed by atoms with Gasteiger partial charge in [-0.15, -0.1) is 0 Å². The zero-order valence-corrected chi connectivity index (χ0v) is 55.0. The standard InChI is InChI=1S/C110/c1-3-5-7-9-11-13-15-17-19-21-23-25-27-29-31-33-35-37-39-41-43-45-47-49-51-53-55-57-59-61-63-65-67-69-71-73-75-77-79-81-83-85-87-89-91-93-95-97-99-101-103-105-107-109-110-108-106-104-102-100-98-96-94-92-90-88-86-84-82-80-78-76-74-72-70-68-66-64-62-60-58-56-54-52-50-48-46-44-42-40-38-36-34-32-30-28-26-24-22-20-18-16-14-12-10-8-6-4-2. The van der Waals surface area contributed by atoms with E-state index in [2.05, 4.69) is 628 Å². The van der Waals surface area contributed by atoms with Crippen LogP contribution < -0.4 is 0 Å². The molecule has 0 rings (SSSR count). The molecule has 0 aliphatic carbocycles. The second kappa shape index (κ2) is 84.8. The summed E-state index contributed by atoms with van der Waals surface area (Å²) in [4.78, 5) is 0. The highest BCUT2D eigenvalue weighted by Gasteiger charge is 1.68. The van der Waals surface area contributed by atoms with E-state index in [0.29, 0.717) is 0 Å². The summed E-state index contributed by atoms with van der Waals surface area (Å²) in [5.41, 5.74) is 0. The zero-order chi connectivity index (χ0) is 78.4. The van der Waals surface area contributed by atoms with E-state index >= 15 is 0 Å². The van der Waals surface area contributed by atoms with E-state index in [-0.39, 0.29) is 0 Å². The molecule has 0 unspecified atom stereocenters. The molecule has 0 bridgehead atoms.